The minimum Gasteiger partial charge on any atom is -0.388 e. The largest absolute Gasteiger partial charge is 0.388 e. The maximum atomic E-state index is 4.43. The van der Waals surface area contributed by atoms with E-state index in [1.807, 2.05) is 54.6 Å². The number of nitrogens with zero attached hydrogens (tertiary/aromatic N) is 2. The zero-order chi connectivity index (χ0) is 14.6. The summed E-state index contributed by atoms with van der Waals surface area (Å²) in [5.74, 6) is 0. The summed E-state index contributed by atoms with van der Waals surface area (Å²) in [6.45, 7) is 6.62. The molecule has 3 nitrogen and oxygen atoms in total. The van der Waals surface area contributed by atoms with Gasteiger partial charge in [0.05, 0.1) is 0 Å². The Labute approximate surface area is 121 Å². The van der Waals surface area contributed by atoms with Crippen molar-refractivity contribution in [1.82, 2.24) is 0 Å². The molecule has 0 fully saturated rings. The van der Waals surface area contributed by atoms with Crippen LogP contribution in [0.25, 0.3) is 0 Å². The summed E-state index contributed by atoms with van der Waals surface area (Å²) in [5.41, 5.74) is 3.66. The average molecular weight is 268 g/mol. The Bertz CT molecular complexity index is 575. The van der Waals surface area contributed by atoms with E-state index in [1.54, 1.807) is 0 Å². The third kappa shape index (κ3) is 3.67. The Hall–Kier alpha value is -2.16. The minimum absolute atomic E-state index is 0.172. The van der Waals surface area contributed by atoms with Gasteiger partial charge in [0.15, 0.2) is 0 Å². The van der Waals surface area contributed by atoms with E-state index in [0.29, 0.717) is 0 Å². The van der Waals surface area contributed by atoms with E-state index in [4.69, 9.17) is 0 Å². The van der Waals surface area contributed by atoms with Crippen LogP contribution < -0.4 is 9.99 Å². The second-order valence-corrected chi connectivity index (χ2v) is 5.83. The SMILES string of the molecule is CNc1ccc(/C=N/[n+]2ccc(C(C)(C)C)cc2)cc1. The van der Waals surface area contributed by atoms with Crippen LogP contribution in [0.2, 0.25) is 0 Å². The molecular weight excluding hydrogens is 246 g/mol. The normalized spacial score (nSPS) is 11.8. The maximum absolute atomic E-state index is 4.43. The van der Waals surface area contributed by atoms with Gasteiger partial charge in [0.2, 0.25) is 12.4 Å². The van der Waals surface area contributed by atoms with Crippen LogP contribution in [0.3, 0.4) is 0 Å². The van der Waals surface area contributed by atoms with Crippen LogP contribution in [-0.2, 0) is 5.41 Å². The summed E-state index contributed by atoms with van der Waals surface area (Å²) < 4.78 is 1.82. The van der Waals surface area contributed by atoms with Crippen LogP contribution in [0.1, 0.15) is 31.9 Å². The first-order valence-electron chi connectivity index (χ1n) is 6.83. The molecule has 0 spiro atoms. The quantitative estimate of drug-likeness (QED) is 0.672. The van der Waals surface area contributed by atoms with E-state index in [9.17, 15) is 0 Å². The monoisotopic (exact) mass is 268 g/mol. The van der Waals surface area contributed by atoms with Crippen LogP contribution in [0.4, 0.5) is 5.69 Å². The van der Waals surface area contributed by atoms with Crippen molar-refractivity contribution >= 4 is 11.9 Å². The number of aromatic nitrogens is 1. The van der Waals surface area contributed by atoms with Gasteiger partial charge in [-0.1, -0.05) is 37.6 Å². The summed E-state index contributed by atoms with van der Waals surface area (Å²) >= 11 is 0. The van der Waals surface area contributed by atoms with Crippen molar-refractivity contribution in [2.24, 2.45) is 5.10 Å². The standard InChI is InChI=1S/C17H22N3/c1-17(2,3)15-9-11-20(12-10-15)19-13-14-5-7-16(18-4)8-6-14/h5-13,18H,1-4H3/q+1/b19-13+. The molecule has 0 amide bonds. The molecule has 0 aliphatic heterocycles. The molecule has 1 aromatic heterocycles. The molecule has 0 saturated carbocycles. The molecule has 0 bridgehead atoms. The molecule has 0 aliphatic rings. The van der Waals surface area contributed by atoms with Crippen LogP contribution in [0, 0.1) is 0 Å². The van der Waals surface area contributed by atoms with Crippen molar-refractivity contribution < 1.29 is 4.68 Å². The Morgan fingerprint density at radius 3 is 2.10 bits per heavy atom. The van der Waals surface area contributed by atoms with Crippen LogP contribution in [0.15, 0.2) is 53.9 Å². The van der Waals surface area contributed by atoms with E-state index in [1.165, 1.54) is 5.56 Å². The summed E-state index contributed by atoms with van der Waals surface area (Å²) in [5, 5.41) is 7.52. The third-order valence-corrected chi connectivity index (χ3v) is 3.22. The van der Waals surface area contributed by atoms with Gasteiger partial charge in [-0.2, -0.15) is 0 Å². The molecule has 0 unspecified atom stereocenters. The summed E-state index contributed by atoms with van der Waals surface area (Å²) in [4.78, 5) is 0. The van der Waals surface area contributed by atoms with Crippen LogP contribution >= 0.6 is 0 Å². The Kier molecular flexibility index (Phi) is 4.18. The molecule has 104 valence electrons. The predicted molar refractivity (Wildman–Crippen MR) is 84.3 cm³/mol. The number of hydrogen-bond acceptors (Lipinski definition) is 2. The van der Waals surface area contributed by atoms with E-state index in [-0.39, 0.29) is 5.41 Å². The molecule has 0 saturated heterocycles. The second-order valence-electron chi connectivity index (χ2n) is 5.83. The van der Waals surface area contributed by atoms with Crippen molar-refractivity contribution in [1.29, 1.82) is 0 Å². The smallest absolute Gasteiger partial charge is 0.202 e. The average Bonchev–Trinajstić information content (AvgIpc) is 2.45. The number of anilines is 1. The maximum Gasteiger partial charge on any atom is 0.202 e. The molecule has 0 atom stereocenters. The summed E-state index contributed by atoms with van der Waals surface area (Å²) in [7, 11) is 1.91. The van der Waals surface area contributed by atoms with Gasteiger partial charge < -0.3 is 5.32 Å². The number of benzene rings is 1. The number of pyridine rings is 1. The Balaban J connectivity index is 2.10. The molecule has 20 heavy (non-hydrogen) atoms. The Morgan fingerprint density at radius 1 is 1.00 bits per heavy atom. The fraction of sp³-hybridized carbons (Fsp3) is 0.294. The van der Waals surface area contributed by atoms with Gasteiger partial charge in [-0.25, -0.2) is 0 Å². The summed E-state index contributed by atoms with van der Waals surface area (Å²) in [6.07, 6.45) is 5.83. The van der Waals surface area contributed by atoms with Crippen molar-refractivity contribution in [2.75, 3.05) is 12.4 Å². The number of hydrogen-bond donors (Lipinski definition) is 1. The van der Waals surface area contributed by atoms with Crippen LogP contribution in [-0.4, -0.2) is 13.3 Å². The van der Waals surface area contributed by atoms with Gasteiger partial charge in [0, 0.05) is 24.9 Å². The van der Waals surface area contributed by atoms with Gasteiger partial charge in [-0.05, 0) is 33.8 Å². The molecular formula is C17H22N3+. The molecule has 1 aromatic carbocycles. The highest BCUT2D eigenvalue weighted by Crippen LogP contribution is 2.20. The minimum atomic E-state index is 0.172. The first-order valence-corrected chi connectivity index (χ1v) is 6.83. The molecule has 3 heteroatoms. The first-order chi connectivity index (χ1) is 9.49. The van der Waals surface area contributed by atoms with Gasteiger partial charge >= 0.3 is 0 Å². The lowest BCUT2D eigenvalue weighted by Crippen LogP contribution is -2.27. The van der Waals surface area contributed by atoms with Gasteiger partial charge in [-0.15, -0.1) is 0 Å². The molecule has 1 heterocycles. The highest BCUT2D eigenvalue weighted by Gasteiger charge is 2.14. The van der Waals surface area contributed by atoms with Gasteiger partial charge in [-0.3, -0.25) is 0 Å². The Morgan fingerprint density at radius 2 is 1.60 bits per heavy atom. The lowest BCUT2D eigenvalue weighted by molar-refractivity contribution is -0.678. The van der Waals surface area contributed by atoms with E-state index >= 15 is 0 Å². The summed E-state index contributed by atoms with van der Waals surface area (Å²) in [6, 6.07) is 12.4. The molecule has 1 N–H and O–H groups in total. The third-order valence-electron chi connectivity index (χ3n) is 3.22. The van der Waals surface area contributed by atoms with Gasteiger partial charge in [0.25, 0.3) is 0 Å². The lowest BCUT2D eigenvalue weighted by atomic mass is 9.88. The molecule has 0 radical (unpaired) electrons. The molecule has 2 aromatic rings. The highest BCUT2D eigenvalue weighted by atomic mass is 15.3. The molecule has 2 rings (SSSR count). The molecule has 0 aliphatic carbocycles. The first kappa shape index (κ1) is 14.3. The van der Waals surface area contributed by atoms with E-state index in [2.05, 4.69) is 43.3 Å². The lowest BCUT2D eigenvalue weighted by Gasteiger charge is -2.16. The second kappa shape index (κ2) is 5.87. The number of nitrogens with one attached hydrogen (secondary N) is 1. The van der Waals surface area contributed by atoms with Crippen molar-refractivity contribution in [2.45, 2.75) is 26.2 Å². The fourth-order valence-corrected chi connectivity index (χ4v) is 1.86. The number of rotatable bonds is 3. The predicted octanol–water partition coefficient (Wildman–Crippen LogP) is 3.20. The van der Waals surface area contributed by atoms with E-state index in [0.717, 1.165) is 11.3 Å². The zero-order valence-corrected chi connectivity index (χ0v) is 12.6. The van der Waals surface area contributed by atoms with Crippen molar-refractivity contribution in [3.05, 3.63) is 59.9 Å². The van der Waals surface area contributed by atoms with Gasteiger partial charge in [0.1, 0.15) is 6.21 Å². The highest BCUT2D eigenvalue weighted by molar-refractivity contribution is 5.79. The topological polar surface area (TPSA) is 28.3 Å². The van der Waals surface area contributed by atoms with Crippen LogP contribution in [0.5, 0.6) is 0 Å². The van der Waals surface area contributed by atoms with Crippen molar-refractivity contribution in [3.63, 3.8) is 0 Å². The van der Waals surface area contributed by atoms with E-state index < -0.39 is 0 Å². The van der Waals surface area contributed by atoms with Crippen molar-refractivity contribution in [3.8, 4) is 0 Å². The fourth-order valence-electron chi connectivity index (χ4n) is 1.86. The zero-order valence-electron chi connectivity index (χ0n) is 12.6.